The number of likely N-dealkylation sites (tertiary alicyclic amines) is 1. The molecule has 1 aromatic heterocycles. The van der Waals surface area contributed by atoms with Crippen molar-refractivity contribution in [2.45, 2.75) is 73.0 Å². The summed E-state index contributed by atoms with van der Waals surface area (Å²) >= 11 is 2.82. The quantitative estimate of drug-likeness (QED) is 0.325. The number of carbonyl (C=O) groups excluding carboxylic acids is 1. The fourth-order valence-corrected chi connectivity index (χ4v) is 7.04. The van der Waals surface area contributed by atoms with Crippen molar-refractivity contribution in [1.82, 2.24) is 15.2 Å². The van der Waals surface area contributed by atoms with E-state index >= 15 is 0 Å². The molecule has 8 atom stereocenters. The highest BCUT2D eigenvalue weighted by atomic mass is 32.2. The Labute approximate surface area is 233 Å². The second-order valence-electron chi connectivity index (χ2n) is 10.2. The average Bonchev–Trinajstić information content (AvgIpc) is 3.31. The number of aromatic nitrogens is 1. The molecule has 38 heavy (non-hydrogen) atoms. The average molecular weight is 562 g/mol. The molecule has 4 rings (SSSR count). The van der Waals surface area contributed by atoms with Crippen LogP contribution in [0.3, 0.4) is 0 Å². The molecule has 2 fully saturated rings. The van der Waals surface area contributed by atoms with E-state index in [2.05, 4.69) is 22.1 Å². The van der Waals surface area contributed by atoms with E-state index < -0.39 is 35.9 Å². The van der Waals surface area contributed by atoms with Gasteiger partial charge in [-0.25, -0.2) is 0 Å². The third kappa shape index (κ3) is 6.91. The zero-order chi connectivity index (χ0) is 27.2. The van der Waals surface area contributed by atoms with Crippen LogP contribution in [0, 0.1) is 5.92 Å². The number of carbonyl (C=O) groups is 1. The first-order valence-corrected chi connectivity index (χ1v) is 15.5. The minimum Gasteiger partial charge on any atom is -0.388 e. The lowest BCUT2D eigenvalue weighted by atomic mass is 9.95. The Bertz CT molecular complexity index is 1030. The Balaban J connectivity index is 1.49. The maximum Gasteiger partial charge on any atom is 0.237 e. The van der Waals surface area contributed by atoms with Gasteiger partial charge in [0.05, 0.1) is 12.1 Å². The summed E-state index contributed by atoms with van der Waals surface area (Å²) in [5.41, 5.74) is 1.39. The zero-order valence-corrected chi connectivity index (χ0v) is 23.8. The standard InChI is InChI=1S/C28H39N3O5S2/c1-4-6-17-13-22(31(2)15-17)27(35)30-21(26-24(33)23(32)25(34)28(36-26)37-3)16-38-20-10-8-18(9-11-20)19-7-5-12-29-14-19/h5,7-12,14,17,21-26,28,32-34H,4,6,13,15-16H2,1-3H3,(H,30,35)/t17-,21-,22+,23?,24?,25-,26-,28?/m1/s1. The zero-order valence-electron chi connectivity index (χ0n) is 22.1. The molecule has 1 amide bonds. The number of aliphatic hydroxyl groups is 3. The van der Waals surface area contributed by atoms with Gasteiger partial charge in [0.2, 0.25) is 5.91 Å². The van der Waals surface area contributed by atoms with Crippen LogP contribution >= 0.6 is 23.5 Å². The molecule has 2 saturated heterocycles. The minimum atomic E-state index is -1.36. The first-order chi connectivity index (χ1) is 18.3. The Hall–Kier alpha value is -1.66. The molecule has 0 spiro atoms. The van der Waals surface area contributed by atoms with Crippen LogP contribution in [-0.2, 0) is 9.53 Å². The van der Waals surface area contributed by atoms with Gasteiger partial charge in [0, 0.05) is 29.6 Å². The van der Waals surface area contributed by atoms with Crippen LogP contribution in [0.5, 0.6) is 0 Å². The highest BCUT2D eigenvalue weighted by molar-refractivity contribution is 7.99. The number of amides is 1. The van der Waals surface area contributed by atoms with E-state index in [1.165, 1.54) is 11.8 Å². The highest BCUT2D eigenvalue weighted by Gasteiger charge is 2.47. The topological polar surface area (TPSA) is 115 Å². The number of rotatable bonds is 10. The molecule has 0 bridgehead atoms. The fourth-order valence-electron chi connectivity index (χ4n) is 5.39. The number of aliphatic hydroxyl groups excluding tert-OH is 3. The predicted molar refractivity (Wildman–Crippen MR) is 152 cm³/mol. The van der Waals surface area contributed by atoms with Crippen LogP contribution in [-0.4, -0.2) is 98.6 Å². The lowest BCUT2D eigenvalue weighted by Gasteiger charge is -2.43. The third-order valence-electron chi connectivity index (χ3n) is 7.48. The van der Waals surface area contributed by atoms with E-state index in [9.17, 15) is 20.1 Å². The summed E-state index contributed by atoms with van der Waals surface area (Å²) in [7, 11) is 1.98. The molecule has 0 radical (unpaired) electrons. The molecule has 2 aliphatic rings. The molecule has 4 N–H and O–H groups in total. The molecule has 8 nitrogen and oxygen atoms in total. The van der Waals surface area contributed by atoms with Crippen molar-refractivity contribution >= 4 is 29.4 Å². The van der Waals surface area contributed by atoms with Crippen molar-refractivity contribution < 1.29 is 24.9 Å². The van der Waals surface area contributed by atoms with Crippen LogP contribution in [0.1, 0.15) is 26.2 Å². The molecule has 208 valence electrons. The lowest BCUT2D eigenvalue weighted by molar-refractivity contribution is -0.203. The first-order valence-electron chi connectivity index (χ1n) is 13.2. The Morgan fingerprint density at radius 1 is 1.16 bits per heavy atom. The van der Waals surface area contributed by atoms with Crippen LogP contribution < -0.4 is 5.32 Å². The fraction of sp³-hybridized carbons (Fsp3) is 0.571. The van der Waals surface area contributed by atoms with Gasteiger partial charge in [0.25, 0.3) is 0 Å². The number of likely N-dealkylation sites (N-methyl/N-ethyl adjacent to an activating group) is 1. The van der Waals surface area contributed by atoms with E-state index in [0.717, 1.165) is 41.8 Å². The molecule has 2 aromatic rings. The maximum atomic E-state index is 13.5. The summed E-state index contributed by atoms with van der Waals surface area (Å²) in [6.07, 6.45) is 3.55. The normalized spacial score (nSPS) is 30.7. The molecule has 0 saturated carbocycles. The van der Waals surface area contributed by atoms with Crippen molar-refractivity contribution in [3.63, 3.8) is 0 Å². The van der Waals surface area contributed by atoms with Gasteiger partial charge in [-0.15, -0.1) is 23.5 Å². The summed E-state index contributed by atoms with van der Waals surface area (Å²) in [5, 5.41) is 34.9. The summed E-state index contributed by atoms with van der Waals surface area (Å²) in [5.74, 6) is 0.820. The largest absolute Gasteiger partial charge is 0.388 e. The summed E-state index contributed by atoms with van der Waals surface area (Å²) in [4.78, 5) is 20.7. The van der Waals surface area contributed by atoms with Crippen LogP contribution in [0.4, 0.5) is 0 Å². The van der Waals surface area contributed by atoms with Gasteiger partial charge >= 0.3 is 0 Å². The van der Waals surface area contributed by atoms with Crippen molar-refractivity contribution in [2.24, 2.45) is 5.92 Å². The van der Waals surface area contributed by atoms with Crippen molar-refractivity contribution in [3.8, 4) is 11.1 Å². The number of benzene rings is 1. The van der Waals surface area contributed by atoms with Crippen LogP contribution in [0.25, 0.3) is 11.1 Å². The van der Waals surface area contributed by atoms with E-state index in [1.54, 1.807) is 24.2 Å². The molecule has 2 aliphatic heterocycles. The van der Waals surface area contributed by atoms with E-state index in [-0.39, 0.29) is 11.9 Å². The molecular weight excluding hydrogens is 522 g/mol. The predicted octanol–water partition coefficient (Wildman–Crippen LogP) is 2.62. The van der Waals surface area contributed by atoms with Crippen molar-refractivity contribution in [1.29, 1.82) is 0 Å². The molecular formula is C28H39N3O5S2. The maximum absolute atomic E-state index is 13.5. The monoisotopic (exact) mass is 561 g/mol. The Kier molecular flexibility index (Phi) is 10.5. The van der Waals surface area contributed by atoms with E-state index in [0.29, 0.717) is 11.7 Å². The summed E-state index contributed by atoms with van der Waals surface area (Å²) in [6, 6.07) is 11.2. The Morgan fingerprint density at radius 2 is 1.92 bits per heavy atom. The molecule has 10 heteroatoms. The Morgan fingerprint density at radius 3 is 2.58 bits per heavy atom. The molecule has 3 unspecified atom stereocenters. The second kappa shape index (κ2) is 13.6. The number of thioether (sulfide) groups is 2. The second-order valence-corrected chi connectivity index (χ2v) is 12.2. The van der Waals surface area contributed by atoms with Gasteiger partial charge in [-0.3, -0.25) is 14.7 Å². The highest BCUT2D eigenvalue weighted by Crippen LogP contribution is 2.32. The number of nitrogens with one attached hydrogen (secondary N) is 1. The first kappa shape index (κ1) is 29.3. The van der Waals surface area contributed by atoms with Crippen molar-refractivity contribution in [3.05, 3.63) is 48.8 Å². The molecule has 0 aliphatic carbocycles. The molecule has 3 heterocycles. The number of ether oxygens (including phenoxy) is 1. The van der Waals surface area contributed by atoms with Gasteiger partial charge in [-0.2, -0.15) is 0 Å². The van der Waals surface area contributed by atoms with Gasteiger partial charge in [0.1, 0.15) is 29.9 Å². The SMILES string of the molecule is CCC[C@@H]1C[C@@H](C(=O)N[C@H](CSc2ccc(-c3cccnc3)cc2)[C@H]2OC(SC)[C@H](O)C(O)C2O)N(C)C1. The van der Waals surface area contributed by atoms with Gasteiger partial charge in [0.15, 0.2) is 0 Å². The van der Waals surface area contributed by atoms with E-state index in [1.807, 2.05) is 49.6 Å². The van der Waals surface area contributed by atoms with Crippen LogP contribution in [0.15, 0.2) is 53.7 Å². The number of pyridine rings is 1. The van der Waals surface area contributed by atoms with Gasteiger partial charge in [-0.05, 0) is 61.4 Å². The smallest absolute Gasteiger partial charge is 0.237 e. The summed E-state index contributed by atoms with van der Waals surface area (Å²) < 4.78 is 6.06. The summed E-state index contributed by atoms with van der Waals surface area (Å²) in [6.45, 7) is 3.05. The van der Waals surface area contributed by atoms with Crippen molar-refractivity contribution in [2.75, 3.05) is 25.6 Å². The minimum absolute atomic E-state index is 0.0965. The van der Waals surface area contributed by atoms with E-state index in [4.69, 9.17) is 4.74 Å². The van der Waals surface area contributed by atoms with Gasteiger partial charge < -0.3 is 25.4 Å². The molecule has 1 aromatic carbocycles. The van der Waals surface area contributed by atoms with Gasteiger partial charge in [-0.1, -0.05) is 31.5 Å². The van der Waals surface area contributed by atoms with Crippen LogP contribution in [0.2, 0.25) is 0 Å². The number of nitrogens with zero attached hydrogens (tertiary/aromatic N) is 2. The lowest BCUT2D eigenvalue weighted by Crippen LogP contribution is -2.64. The third-order valence-corrected chi connectivity index (χ3v) is 9.46. The number of hydrogen-bond acceptors (Lipinski definition) is 9. The number of hydrogen-bond donors (Lipinski definition) is 4.